The average Bonchev–Trinajstić information content (AvgIpc) is 3.27. The molecule has 2 aromatic carbocycles. The second-order valence-electron chi connectivity index (χ2n) is 6.86. The highest BCUT2D eigenvalue weighted by molar-refractivity contribution is 5.79. The van der Waals surface area contributed by atoms with Crippen LogP contribution in [0.2, 0.25) is 0 Å². The molecule has 1 atom stereocenters. The molecule has 0 radical (unpaired) electrons. The molecule has 1 unspecified atom stereocenters. The average molecular weight is 398 g/mol. The number of nitrogens with one attached hydrogen (secondary N) is 2. The van der Waals surface area contributed by atoms with Crippen LogP contribution in [0.15, 0.2) is 53.5 Å². The number of non-ortho nitro benzene ring substituents is 1. The van der Waals surface area contributed by atoms with Crippen LogP contribution in [0, 0.1) is 16.0 Å². The van der Waals surface area contributed by atoms with Gasteiger partial charge < -0.3 is 20.1 Å². The van der Waals surface area contributed by atoms with Crippen LogP contribution in [0.4, 0.5) is 5.69 Å². The minimum Gasteiger partial charge on any atom is -0.496 e. The molecule has 1 fully saturated rings. The Hall–Kier alpha value is -3.13. The number of aliphatic imine (C=N–C) groups is 1. The van der Waals surface area contributed by atoms with Crippen molar-refractivity contribution >= 4 is 11.6 Å². The number of benzene rings is 2. The summed E-state index contributed by atoms with van der Waals surface area (Å²) in [6.07, 6.45) is 1.04. The van der Waals surface area contributed by atoms with Gasteiger partial charge >= 0.3 is 0 Å². The van der Waals surface area contributed by atoms with E-state index in [-0.39, 0.29) is 5.69 Å². The van der Waals surface area contributed by atoms with Crippen LogP contribution in [0.5, 0.6) is 5.75 Å². The molecule has 2 aromatic rings. The Morgan fingerprint density at radius 1 is 1.24 bits per heavy atom. The van der Waals surface area contributed by atoms with Gasteiger partial charge in [-0.1, -0.05) is 30.3 Å². The van der Waals surface area contributed by atoms with Gasteiger partial charge in [0.2, 0.25) is 0 Å². The predicted molar refractivity (Wildman–Crippen MR) is 111 cm³/mol. The van der Waals surface area contributed by atoms with E-state index in [4.69, 9.17) is 9.47 Å². The van der Waals surface area contributed by atoms with Gasteiger partial charge in [0, 0.05) is 43.3 Å². The zero-order valence-electron chi connectivity index (χ0n) is 16.5. The highest BCUT2D eigenvalue weighted by atomic mass is 16.6. The van der Waals surface area contributed by atoms with E-state index >= 15 is 0 Å². The fourth-order valence-electron chi connectivity index (χ4n) is 3.08. The topological polar surface area (TPSA) is 98.0 Å². The molecule has 0 spiro atoms. The van der Waals surface area contributed by atoms with Crippen molar-refractivity contribution < 1.29 is 14.4 Å². The van der Waals surface area contributed by atoms with Gasteiger partial charge in [-0.15, -0.1) is 0 Å². The van der Waals surface area contributed by atoms with E-state index in [0.717, 1.165) is 43.1 Å². The molecule has 3 rings (SSSR count). The molecule has 1 aliphatic heterocycles. The summed E-state index contributed by atoms with van der Waals surface area (Å²) < 4.78 is 10.8. The predicted octanol–water partition coefficient (Wildman–Crippen LogP) is 2.88. The minimum atomic E-state index is -0.404. The van der Waals surface area contributed by atoms with E-state index in [0.29, 0.717) is 25.0 Å². The summed E-state index contributed by atoms with van der Waals surface area (Å²) in [6.45, 7) is 3.32. The molecule has 29 heavy (non-hydrogen) atoms. The SMILES string of the molecule is COc1ccccc1CNC(=NCc1ccc([N+](=O)[O-])cc1)NCC1CCOC1. The Balaban J connectivity index is 1.65. The highest BCUT2D eigenvalue weighted by Crippen LogP contribution is 2.17. The molecule has 0 amide bonds. The maximum Gasteiger partial charge on any atom is 0.269 e. The van der Waals surface area contributed by atoms with Crippen LogP contribution in [0.1, 0.15) is 17.5 Å². The fraction of sp³-hybridized carbons (Fsp3) is 0.381. The lowest BCUT2D eigenvalue weighted by atomic mass is 10.1. The monoisotopic (exact) mass is 398 g/mol. The van der Waals surface area contributed by atoms with E-state index in [2.05, 4.69) is 15.6 Å². The summed E-state index contributed by atoms with van der Waals surface area (Å²) in [5, 5.41) is 17.5. The van der Waals surface area contributed by atoms with Crippen molar-refractivity contribution in [2.75, 3.05) is 26.9 Å². The van der Waals surface area contributed by atoms with Crippen LogP contribution in [-0.4, -0.2) is 37.8 Å². The van der Waals surface area contributed by atoms with Crippen LogP contribution in [-0.2, 0) is 17.8 Å². The quantitative estimate of drug-likeness (QED) is 0.307. The molecule has 0 aromatic heterocycles. The molecule has 8 heteroatoms. The fourth-order valence-corrected chi connectivity index (χ4v) is 3.08. The van der Waals surface area contributed by atoms with Gasteiger partial charge in [0.25, 0.3) is 5.69 Å². The molecular weight excluding hydrogens is 372 g/mol. The normalized spacial score (nSPS) is 16.4. The second-order valence-corrected chi connectivity index (χ2v) is 6.86. The molecule has 154 valence electrons. The number of hydrogen-bond acceptors (Lipinski definition) is 5. The van der Waals surface area contributed by atoms with Gasteiger partial charge in [-0.05, 0) is 18.1 Å². The zero-order chi connectivity index (χ0) is 20.5. The Kier molecular flexibility index (Phi) is 7.40. The number of nitrogens with zero attached hydrogens (tertiary/aromatic N) is 2. The van der Waals surface area contributed by atoms with Crippen molar-refractivity contribution in [3.63, 3.8) is 0 Å². The molecule has 2 N–H and O–H groups in total. The zero-order valence-corrected chi connectivity index (χ0v) is 16.5. The molecular formula is C21H26N4O4. The molecule has 8 nitrogen and oxygen atoms in total. The van der Waals surface area contributed by atoms with Gasteiger partial charge in [0.05, 0.1) is 25.2 Å². The second kappa shape index (κ2) is 10.4. The van der Waals surface area contributed by atoms with E-state index in [9.17, 15) is 10.1 Å². The molecule has 1 heterocycles. The number of para-hydroxylation sites is 1. The summed E-state index contributed by atoms with van der Waals surface area (Å²) in [6, 6.07) is 14.3. The van der Waals surface area contributed by atoms with Crippen molar-refractivity contribution in [1.82, 2.24) is 10.6 Å². The van der Waals surface area contributed by atoms with Crippen LogP contribution in [0.25, 0.3) is 0 Å². The summed E-state index contributed by atoms with van der Waals surface area (Å²) in [4.78, 5) is 15.0. The number of ether oxygens (including phenoxy) is 2. The molecule has 0 aliphatic carbocycles. The Morgan fingerprint density at radius 3 is 2.72 bits per heavy atom. The van der Waals surface area contributed by atoms with Gasteiger partial charge in [-0.25, -0.2) is 4.99 Å². The van der Waals surface area contributed by atoms with Crippen LogP contribution in [0.3, 0.4) is 0 Å². The van der Waals surface area contributed by atoms with E-state index in [1.807, 2.05) is 24.3 Å². The number of nitro benzene ring substituents is 1. The lowest BCUT2D eigenvalue weighted by Gasteiger charge is -2.16. The summed E-state index contributed by atoms with van der Waals surface area (Å²) in [7, 11) is 1.65. The smallest absolute Gasteiger partial charge is 0.269 e. The van der Waals surface area contributed by atoms with Gasteiger partial charge in [-0.2, -0.15) is 0 Å². The largest absolute Gasteiger partial charge is 0.496 e. The van der Waals surface area contributed by atoms with Crippen molar-refractivity contribution in [2.24, 2.45) is 10.9 Å². The summed E-state index contributed by atoms with van der Waals surface area (Å²) in [5.74, 6) is 1.97. The van der Waals surface area contributed by atoms with Gasteiger partial charge in [-0.3, -0.25) is 10.1 Å². The van der Waals surface area contributed by atoms with E-state index < -0.39 is 4.92 Å². The lowest BCUT2D eigenvalue weighted by Crippen LogP contribution is -2.39. The standard InChI is InChI=1S/C21H26N4O4/c1-28-20-5-3-2-4-18(20)14-24-21(23-13-17-10-11-29-15-17)22-12-16-6-8-19(9-7-16)25(26)27/h2-9,17H,10-15H2,1H3,(H2,22,23,24). The van der Waals surface area contributed by atoms with Gasteiger partial charge in [0.15, 0.2) is 5.96 Å². The number of hydrogen-bond donors (Lipinski definition) is 2. The van der Waals surface area contributed by atoms with Crippen molar-refractivity contribution in [2.45, 2.75) is 19.5 Å². The Morgan fingerprint density at radius 2 is 2.03 bits per heavy atom. The van der Waals surface area contributed by atoms with Crippen LogP contribution >= 0.6 is 0 Å². The van der Waals surface area contributed by atoms with Crippen LogP contribution < -0.4 is 15.4 Å². The highest BCUT2D eigenvalue weighted by Gasteiger charge is 2.16. The van der Waals surface area contributed by atoms with Crippen molar-refractivity contribution in [3.05, 3.63) is 69.8 Å². The molecule has 1 aliphatic rings. The number of methoxy groups -OCH3 is 1. The first-order valence-electron chi connectivity index (χ1n) is 9.61. The van der Waals surface area contributed by atoms with E-state index in [1.54, 1.807) is 19.2 Å². The summed E-state index contributed by atoms with van der Waals surface area (Å²) >= 11 is 0. The Bertz CT molecular complexity index is 833. The third-order valence-corrected chi connectivity index (χ3v) is 4.79. The maximum atomic E-state index is 10.8. The third-order valence-electron chi connectivity index (χ3n) is 4.79. The van der Waals surface area contributed by atoms with Crippen molar-refractivity contribution in [1.29, 1.82) is 0 Å². The maximum absolute atomic E-state index is 10.8. The number of rotatable bonds is 8. The Labute approximate surface area is 170 Å². The molecule has 0 bridgehead atoms. The third kappa shape index (κ3) is 6.18. The molecule has 1 saturated heterocycles. The first-order chi connectivity index (χ1) is 14.2. The summed E-state index contributed by atoms with van der Waals surface area (Å²) in [5.41, 5.74) is 2.01. The van der Waals surface area contributed by atoms with E-state index in [1.165, 1.54) is 12.1 Å². The first-order valence-corrected chi connectivity index (χ1v) is 9.61. The number of nitro groups is 1. The first kappa shape index (κ1) is 20.6. The minimum absolute atomic E-state index is 0.0756. The van der Waals surface area contributed by atoms with Gasteiger partial charge in [0.1, 0.15) is 5.75 Å². The lowest BCUT2D eigenvalue weighted by molar-refractivity contribution is -0.384. The number of guanidine groups is 1. The van der Waals surface area contributed by atoms with Crippen molar-refractivity contribution in [3.8, 4) is 5.75 Å². The molecule has 0 saturated carbocycles.